The molecule has 0 saturated heterocycles. The van der Waals surface area contributed by atoms with E-state index >= 15 is 0 Å². The molecule has 0 aliphatic heterocycles. The molecule has 2 rings (SSSR count). The predicted octanol–water partition coefficient (Wildman–Crippen LogP) is 2.19. The third-order valence-electron chi connectivity index (χ3n) is 2.23. The second kappa shape index (κ2) is 4.79. The number of nitrogens with two attached hydrogens (primary N) is 1. The summed E-state index contributed by atoms with van der Waals surface area (Å²) in [4.78, 5) is 15.4. The number of halogens is 2. The number of anilines is 2. The molecule has 2 aromatic rings. The van der Waals surface area contributed by atoms with Crippen molar-refractivity contribution in [1.29, 1.82) is 0 Å². The van der Waals surface area contributed by atoms with Crippen LogP contribution in [-0.2, 0) is 0 Å². The fourth-order valence-corrected chi connectivity index (χ4v) is 1.39. The Labute approximate surface area is 101 Å². The second-order valence-corrected chi connectivity index (χ2v) is 3.52. The molecule has 0 bridgehead atoms. The average molecular weight is 249 g/mol. The number of carbonyl (C=O) groups excluding carboxylic acids is 1. The highest BCUT2D eigenvalue weighted by molar-refractivity contribution is 6.04. The fraction of sp³-hybridized carbons (Fsp3) is 0. The molecule has 0 radical (unpaired) electrons. The van der Waals surface area contributed by atoms with E-state index in [2.05, 4.69) is 10.3 Å². The molecular formula is C12H9F2N3O. The SMILES string of the molecule is Nc1ccc(NC(=O)c2c(F)cccc2F)cn1. The Morgan fingerprint density at radius 1 is 1.17 bits per heavy atom. The highest BCUT2D eigenvalue weighted by Gasteiger charge is 2.16. The maximum absolute atomic E-state index is 13.3. The lowest BCUT2D eigenvalue weighted by molar-refractivity contribution is 0.101. The van der Waals surface area contributed by atoms with E-state index in [0.29, 0.717) is 5.69 Å². The molecule has 0 aliphatic rings. The van der Waals surface area contributed by atoms with Crippen LogP contribution in [0.5, 0.6) is 0 Å². The van der Waals surface area contributed by atoms with Crippen LogP contribution in [0.4, 0.5) is 20.3 Å². The Balaban J connectivity index is 2.25. The first-order chi connectivity index (χ1) is 8.58. The van der Waals surface area contributed by atoms with Gasteiger partial charge in [-0.2, -0.15) is 0 Å². The topological polar surface area (TPSA) is 68.0 Å². The highest BCUT2D eigenvalue weighted by atomic mass is 19.1. The highest BCUT2D eigenvalue weighted by Crippen LogP contribution is 2.15. The lowest BCUT2D eigenvalue weighted by atomic mass is 10.2. The van der Waals surface area contributed by atoms with Gasteiger partial charge in [0.15, 0.2) is 0 Å². The van der Waals surface area contributed by atoms with Crippen molar-refractivity contribution in [3.63, 3.8) is 0 Å². The van der Waals surface area contributed by atoms with Crippen LogP contribution in [0.2, 0.25) is 0 Å². The molecule has 0 aliphatic carbocycles. The van der Waals surface area contributed by atoms with Crippen molar-refractivity contribution >= 4 is 17.4 Å². The standard InChI is InChI=1S/C12H9F2N3O/c13-8-2-1-3-9(14)11(8)12(18)17-7-4-5-10(15)16-6-7/h1-6H,(H2,15,16)(H,17,18). The van der Waals surface area contributed by atoms with Gasteiger partial charge >= 0.3 is 0 Å². The van der Waals surface area contributed by atoms with Crippen LogP contribution < -0.4 is 11.1 Å². The molecule has 92 valence electrons. The van der Waals surface area contributed by atoms with Gasteiger partial charge in [0, 0.05) is 0 Å². The zero-order valence-electron chi connectivity index (χ0n) is 9.15. The molecule has 3 N–H and O–H groups in total. The minimum absolute atomic E-state index is 0.282. The number of nitrogens with zero attached hydrogens (tertiary/aromatic N) is 1. The fourth-order valence-electron chi connectivity index (χ4n) is 1.39. The van der Waals surface area contributed by atoms with Gasteiger partial charge in [-0.15, -0.1) is 0 Å². The Bertz CT molecular complexity index is 564. The summed E-state index contributed by atoms with van der Waals surface area (Å²) in [7, 11) is 0. The van der Waals surface area contributed by atoms with Crippen molar-refractivity contribution in [2.75, 3.05) is 11.1 Å². The maximum atomic E-state index is 13.3. The van der Waals surface area contributed by atoms with Crippen LogP contribution in [-0.4, -0.2) is 10.9 Å². The molecule has 0 spiro atoms. The molecule has 1 amide bonds. The summed E-state index contributed by atoms with van der Waals surface area (Å²) in [6.45, 7) is 0. The van der Waals surface area contributed by atoms with Crippen LogP contribution in [0, 0.1) is 11.6 Å². The quantitative estimate of drug-likeness (QED) is 0.857. The lowest BCUT2D eigenvalue weighted by Gasteiger charge is -2.06. The molecule has 0 unspecified atom stereocenters. The number of nitrogen functional groups attached to an aromatic ring is 1. The summed E-state index contributed by atoms with van der Waals surface area (Å²) >= 11 is 0. The number of benzene rings is 1. The van der Waals surface area contributed by atoms with Gasteiger partial charge in [0.05, 0.1) is 11.9 Å². The molecule has 1 heterocycles. The Morgan fingerprint density at radius 2 is 1.83 bits per heavy atom. The van der Waals surface area contributed by atoms with Crippen molar-refractivity contribution < 1.29 is 13.6 Å². The summed E-state index contributed by atoms with van der Waals surface area (Å²) in [5.41, 5.74) is 5.05. The molecular weight excluding hydrogens is 240 g/mol. The summed E-state index contributed by atoms with van der Waals surface area (Å²) in [6, 6.07) is 6.16. The molecule has 1 aromatic carbocycles. The maximum Gasteiger partial charge on any atom is 0.261 e. The number of carbonyl (C=O) groups is 1. The number of amides is 1. The Hall–Kier alpha value is -2.50. The molecule has 1 aromatic heterocycles. The predicted molar refractivity (Wildman–Crippen MR) is 63.0 cm³/mol. The number of hydrogen-bond acceptors (Lipinski definition) is 3. The number of pyridine rings is 1. The van der Waals surface area contributed by atoms with E-state index < -0.39 is 23.1 Å². The van der Waals surface area contributed by atoms with E-state index in [9.17, 15) is 13.6 Å². The summed E-state index contributed by atoms with van der Waals surface area (Å²) in [5.74, 6) is -2.44. The van der Waals surface area contributed by atoms with Gasteiger partial charge in [-0.1, -0.05) is 6.07 Å². The van der Waals surface area contributed by atoms with Crippen molar-refractivity contribution in [2.45, 2.75) is 0 Å². The number of rotatable bonds is 2. The molecule has 4 nitrogen and oxygen atoms in total. The third kappa shape index (κ3) is 2.42. The van der Waals surface area contributed by atoms with Gasteiger partial charge in [0.25, 0.3) is 5.91 Å². The monoisotopic (exact) mass is 249 g/mol. The smallest absolute Gasteiger partial charge is 0.261 e. The zero-order valence-corrected chi connectivity index (χ0v) is 9.15. The molecule has 0 atom stereocenters. The Morgan fingerprint density at radius 3 is 2.39 bits per heavy atom. The first-order valence-electron chi connectivity index (χ1n) is 5.05. The van der Waals surface area contributed by atoms with Gasteiger partial charge in [-0.05, 0) is 24.3 Å². The summed E-state index contributed by atoms with van der Waals surface area (Å²) in [6.07, 6.45) is 1.30. The van der Waals surface area contributed by atoms with Gasteiger partial charge in [0.1, 0.15) is 23.0 Å². The van der Waals surface area contributed by atoms with Crippen LogP contribution in [0.15, 0.2) is 36.5 Å². The van der Waals surface area contributed by atoms with Crippen LogP contribution in [0.25, 0.3) is 0 Å². The minimum atomic E-state index is -0.920. The largest absolute Gasteiger partial charge is 0.384 e. The van der Waals surface area contributed by atoms with Gasteiger partial charge in [-0.25, -0.2) is 13.8 Å². The van der Waals surface area contributed by atoms with Crippen molar-refractivity contribution in [1.82, 2.24) is 4.98 Å². The van der Waals surface area contributed by atoms with Crippen LogP contribution in [0.1, 0.15) is 10.4 Å². The zero-order chi connectivity index (χ0) is 13.1. The van der Waals surface area contributed by atoms with E-state index in [1.165, 1.54) is 24.4 Å². The van der Waals surface area contributed by atoms with Gasteiger partial charge in [-0.3, -0.25) is 4.79 Å². The van der Waals surface area contributed by atoms with E-state index in [-0.39, 0.29) is 5.82 Å². The van der Waals surface area contributed by atoms with E-state index in [4.69, 9.17) is 5.73 Å². The number of nitrogens with one attached hydrogen (secondary N) is 1. The third-order valence-corrected chi connectivity index (χ3v) is 2.23. The van der Waals surface area contributed by atoms with Crippen LogP contribution >= 0.6 is 0 Å². The van der Waals surface area contributed by atoms with Crippen LogP contribution in [0.3, 0.4) is 0 Å². The number of aromatic nitrogens is 1. The Kier molecular flexibility index (Phi) is 3.18. The van der Waals surface area contributed by atoms with Crippen molar-refractivity contribution in [2.24, 2.45) is 0 Å². The summed E-state index contributed by atoms with van der Waals surface area (Å²) in [5, 5.41) is 2.33. The average Bonchev–Trinajstić information content (AvgIpc) is 2.32. The normalized spacial score (nSPS) is 10.1. The van der Waals surface area contributed by atoms with E-state index in [0.717, 1.165) is 12.1 Å². The van der Waals surface area contributed by atoms with Gasteiger partial charge in [0.2, 0.25) is 0 Å². The molecule has 0 saturated carbocycles. The first-order valence-corrected chi connectivity index (χ1v) is 5.05. The number of hydrogen-bond donors (Lipinski definition) is 2. The van der Waals surface area contributed by atoms with E-state index in [1.807, 2.05) is 0 Å². The molecule has 18 heavy (non-hydrogen) atoms. The van der Waals surface area contributed by atoms with Crippen molar-refractivity contribution in [3.8, 4) is 0 Å². The van der Waals surface area contributed by atoms with Gasteiger partial charge < -0.3 is 11.1 Å². The lowest BCUT2D eigenvalue weighted by Crippen LogP contribution is -2.16. The second-order valence-electron chi connectivity index (χ2n) is 3.52. The molecule has 0 fully saturated rings. The molecule has 6 heteroatoms. The van der Waals surface area contributed by atoms with E-state index in [1.54, 1.807) is 0 Å². The van der Waals surface area contributed by atoms with Crippen molar-refractivity contribution in [3.05, 3.63) is 53.7 Å². The first kappa shape index (κ1) is 12.0. The minimum Gasteiger partial charge on any atom is -0.384 e. The summed E-state index contributed by atoms with van der Waals surface area (Å²) < 4.78 is 26.7.